The highest BCUT2D eigenvalue weighted by Gasteiger charge is 2.21. The number of hydrogen-bond donors (Lipinski definition) is 6. The normalized spacial score (nSPS) is 13.8. The van der Waals surface area contributed by atoms with E-state index in [-0.39, 0.29) is 11.9 Å². The van der Waals surface area contributed by atoms with E-state index in [1.165, 1.54) is 9.80 Å². The van der Waals surface area contributed by atoms with Crippen molar-refractivity contribution in [3.63, 3.8) is 0 Å². The molecule has 0 aromatic heterocycles. The Labute approximate surface area is 244 Å². The van der Waals surface area contributed by atoms with Crippen LogP contribution in [0.2, 0.25) is 10.0 Å². The fourth-order valence-electron chi connectivity index (χ4n) is 4.25. The molecule has 1 aliphatic heterocycles. The molecule has 0 unspecified atom stereocenters. The number of nitrogens with zero attached hydrogens (tertiary/aromatic N) is 4. The molecule has 40 heavy (non-hydrogen) atoms. The number of piperazine rings is 1. The van der Waals surface area contributed by atoms with E-state index in [2.05, 4.69) is 20.4 Å². The maximum absolute atomic E-state index is 12.6. The molecule has 2 aromatic rings. The molecule has 1 heterocycles. The molecule has 3 rings (SSSR count). The first-order valence-corrected chi connectivity index (χ1v) is 13.7. The van der Waals surface area contributed by atoms with Crippen molar-refractivity contribution < 1.29 is 9.59 Å². The van der Waals surface area contributed by atoms with Gasteiger partial charge in [-0.15, -0.1) is 0 Å². The maximum atomic E-state index is 12.6. The van der Waals surface area contributed by atoms with E-state index in [0.717, 1.165) is 39.3 Å². The van der Waals surface area contributed by atoms with Gasteiger partial charge in [0.15, 0.2) is 11.9 Å². The fourth-order valence-corrected chi connectivity index (χ4v) is 4.50. The van der Waals surface area contributed by atoms with Gasteiger partial charge in [0, 0.05) is 60.7 Å². The number of anilines is 2. The lowest BCUT2D eigenvalue weighted by atomic mass is 10.2. The summed E-state index contributed by atoms with van der Waals surface area (Å²) in [6, 6.07) is 12.5. The Bertz CT molecular complexity index is 1060. The molecule has 14 heteroatoms. The quantitative estimate of drug-likeness (QED) is 0.182. The van der Waals surface area contributed by atoms with E-state index in [9.17, 15) is 9.59 Å². The number of rotatable bonds is 10. The second-order valence-corrected chi connectivity index (χ2v) is 10.2. The van der Waals surface area contributed by atoms with Crippen molar-refractivity contribution in [1.29, 1.82) is 10.8 Å². The molecule has 0 atom stereocenters. The standard InChI is InChI=1S/C26H36Cl2N10O2/c27-19-3-7-21(8-4-19)33-25(39)37(23(29)30)13-1-11-35-15-17-36(18-16-35)12-2-14-38(24(31)32)26(40)34-22-9-5-20(28)6-10-22/h3-10H,1-2,11-18H2,(H3,29,30)(H3,31,32)(H,33,39)(H,34,40). The monoisotopic (exact) mass is 590 g/mol. The van der Waals surface area contributed by atoms with Crippen LogP contribution in [0.15, 0.2) is 48.5 Å². The summed E-state index contributed by atoms with van der Waals surface area (Å²) >= 11 is 11.8. The van der Waals surface area contributed by atoms with E-state index in [1.54, 1.807) is 48.5 Å². The van der Waals surface area contributed by atoms with Gasteiger partial charge in [-0.3, -0.25) is 20.6 Å². The molecule has 0 aliphatic carbocycles. The highest BCUT2D eigenvalue weighted by molar-refractivity contribution is 6.31. The summed E-state index contributed by atoms with van der Waals surface area (Å²) in [5.74, 6) is -0.615. The van der Waals surface area contributed by atoms with Crippen molar-refractivity contribution >= 4 is 58.6 Å². The average molecular weight is 592 g/mol. The molecular formula is C26H36Cl2N10O2. The van der Waals surface area contributed by atoms with Crippen molar-refractivity contribution in [2.45, 2.75) is 12.8 Å². The summed E-state index contributed by atoms with van der Waals surface area (Å²) in [6.45, 7) is 5.66. The van der Waals surface area contributed by atoms with E-state index in [4.69, 9.17) is 45.5 Å². The van der Waals surface area contributed by atoms with Gasteiger partial charge in [0.05, 0.1) is 0 Å². The number of hydrogen-bond acceptors (Lipinski definition) is 6. The molecule has 1 aliphatic rings. The Kier molecular flexibility index (Phi) is 11.8. The molecule has 1 saturated heterocycles. The third-order valence-electron chi connectivity index (χ3n) is 6.44. The number of urea groups is 2. The van der Waals surface area contributed by atoms with Gasteiger partial charge in [0.1, 0.15) is 0 Å². The number of carbonyl (C=O) groups excluding carboxylic acids is 2. The zero-order valence-electron chi connectivity index (χ0n) is 22.2. The number of halogens is 2. The van der Waals surface area contributed by atoms with Crippen LogP contribution in [0.1, 0.15) is 12.8 Å². The summed E-state index contributed by atoms with van der Waals surface area (Å²) in [5.41, 5.74) is 12.5. The van der Waals surface area contributed by atoms with Crippen molar-refractivity contribution in [1.82, 2.24) is 19.6 Å². The molecule has 8 N–H and O–H groups in total. The van der Waals surface area contributed by atoms with Crippen LogP contribution in [-0.4, -0.2) is 95.9 Å². The predicted molar refractivity (Wildman–Crippen MR) is 160 cm³/mol. The van der Waals surface area contributed by atoms with Gasteiger partial charge in [-0.05, 0) is 74.5 Å². The zero-order chi connectivity index (χ0) is 29.1. The summed E-state index contributed by atoms with van der Waals surface area (Å²) in [6.07, 6.45) is 1.34. The van der Waals surface area contributed by atoms with E-state index in [1.807, 2.05) is 0 Å². The second-order valence-electron chi connectivity index (χ2n) is 9.34. The van der Waals surface area contributed by atoms with E-state index >= 15 is 0 Å². The van der Waals surface area contributed by atoms with Crippen LogP contribution in [0.4, 0.5) is 21.0 Å². The SMILES string of the molecule is N=C(N)N(CCCN1CCN(CCCN(C(=N)N)C(=O)Nc2ccc(Cl)cc2)CC1)C(=O)Nc1ccc(Cl)cc1. The molecule has 2 aromatic carbocycles. The predicted octanol–water partition coefficient (Wildman–Crippen LogP) is 3.55. The minimum Gasteiger partial charge on any atom is -0.370 e. The number of carbonyl (C=O) groups is 2. The minimum absolute atomic E-state index is 0.308. The van der Waals surface area contributed by atoms with Crippen LogP contribution >= 0.6 is 23.2 Å². The van der Waals surface area contributed by atoms with Crippen LogP contribution < -0.4 is 22.1 Å². The Hall–Kier alpha value is -3.58. The van der Waals surface area contributed by atoms with Crippen LogP contribution in [0, 0.1) is 10.8 Å². The molecule has 0 bridgehead atoms. The third kappa shape index (κ3) is 9.87. The van der Waals surface area contributed by atoms with Crippen LogP contribution in [0.25, 0.3) is 0 Å². The number of nitrogens with one attached hydrogen (secondary N) is 4. The van der Waals surface area contributed by atoms with Crippen LogP contribution in [-0.2, 0) is 0 Å². The number of benzene rings is 2. The van der Waals surface area contributed by atoms with Gasteiger partial charge in [-0.1, -0.05) is 23.2 Å². The van der Waals surface area contributed by atoms with E-state index < -0.39 is 12.1 Å². The van der Waals surface area contributed by atoms with Gasteiger partial charge in [-0.25, -0.2) is 9.59 Å². The number of nitrogens with two attached hydrogens (primary N) is 2. The summed E-state index contributed by atoms with van der Waals surface area (Å²) < 4.78 is 0. The van der Waals surface area contributed by atoms with Gasteiger partial charge < -0.3 is 31.9 Å². The molecular weight excluding hydrogens is 555 g/mol. The largest absolute Gasteiger partial charge is 0.370 e. The summed E-state index contributed by atoms with van der Waals surface area (Å²) in [5, 5.41) is 22.2. The Morgan fingerprint density at radius 3 is 1.32 bits per heavy atom. The topological polar surface area (TPSA) is 171 Å². The lowest BCUT2D eigenvalue weighted by molar-refractivity contribution is 0.127. The first kappa shape index (κ1) is 31.0. The highest BCUT2D eigenvalue weighted by Crippen LogP contribution is 2.15. The van der Waals surface area contributed by atoms with Crippen LogP contribution in [0.5, 0.6) is 0 Å². The third-order valence-corrected chi connectivity index (χ3v) is 6.94. The molecule has 0 radical (unpaired) electrons. The molecule has 4 amide bonds. The minimum atomic E-state index is -0.457. The average Bonchev–Trinajstić information content (AvgIpc) is 2.92. The Balaban J connectivity index is 1.35. The molecule has 0 spiro atoms. The van der Waals surface area contributed by atoms with E-state index in [0.29, 0.717) is 47.4 Å². The number of amides is 4. The fraction of sp³-hybridized carbons (Fsp3) is 0.385. The summed E-state index contributed by atoms with van der Waals surface area (Å²) in [4.78, 5) is 32.2. The second kappa shape index (κ2) is 15.3. The number of guanidine groups is 2. The van der Waals surface area contributed by atoms with Gasteiger partial charge in [0.25, 0.3) is 0 Å². The Morgan fingerprint density at radius 1 is 0.700 bits per heavy atom. The summed E-state index contributed by atoms with van der Waals surface area (Å²) in [7, 11) is 0. The zero-order valence-corrected chi connectivity index (χ0v) is 23.7. The van der Waals surface area contributed by atoms with Gasteiger partial charge in [-0.2, -0.15) is 0 Å². The van der Waals surface area contributed by atoms with Crippen LogP contribution in [0.3, 0.4) is 0 Å². The molecule has 1 fully saturated rings. The first-order chi connectivity index (χ1) is 19.1. The van der Waals surface area contributed by atoms with Gasteiger partial charge in [0.2, 0.25) is 0 Å². The molecule has 0 saturated carbocycles. The molecule has 12 nitrogen and oxygen atoms in total. The lowest BCUT2D eigenvalue weighted by Crippen LogP contribution is -2.49. The van der Waals surface area contributed by atoms with Crippen molar-refractivity contribution in [2.75, 3.05) is 63.0 Å². The van der Waals surface area contributed by atoms with Crippen molar-refractivity contribution in [3.8, 4) is 0 Å². The lowest BCUT2D eigenvalue weighted by Gasteiger charge is -2.35. The first-order valence-electron chi connectivity index (χ1n) is 12.9. The van der Waals surface area contributed by atoms with Crippen molar-refractivity contribution in [2.24, 2.45) is 11.5 Å². The highest BCUT2D eigenvalue weighted by atomic mass is 35.5. The maximum Gasteiger partial charge on any atom is 0.328 e. The van der Waals surface area contributed by atoms with Gasteiger partial charge >= 0.3 is 12.1 Å². The van der Waals surface area contributed by atoms with Crippen molar-refractivity contribution in [3.05, 3.63) is 58.6 Å². The molecule has 216 valence electrons. The smallest absolute Gasteiger partial charge is 0.328 e. The Morgan fingerprint density at radius 2 is 1.02 bits per heavy atom.